The average molecular weight is 278 g/mol. The van der Waals surface area contributed by atoms with E-state index >= 15 is 0 Å². The van der Waals surface area contributed by atoms with E-state index in [1.807, 2.05) is 37.8 Å². The third-order valence-electron chi connectivity index (χ3n) is 2.93. The topological polar surface area (TPSA) is 71.7 Å². The van der Waals surface area contributed by atoms with Crippen LogP contribution in [0.2, 0.25) is 0 Å². The molecule has 0 radical (unpaired) electrons. The number of amides is 1. The van der Waals surface area contributed by atoms with Crippen molar-refractivity contribution in [3.05, 3.63) is 18.2 Å². The number of carbonyl (C=O) groups is 1. The van der Waals surface area contributed by atoms with Crippen LogP contribution < -0.4 is 10.6 Å². The largest absolute Gasteiger partial charge is 0.444 e. The van der Waals surface area contributed by atoms with Crippen LogP contribution in [0.1, 0.15) is 27.2 Å². The Hall–Kier alpha value is -1.98. The van der Waals surface area contributed by atoms with Crippen LogP contribution in [-0.4, -0.2) is 41.3 Å². The molecule has 0 aliphatic carbocycles. The predicted octanol–water partition coefficient (Wildman–Crippen LogP) is 2.07. The Morgan fingerprint density at radius 1 is 1.35 bits per heavy atom. The second-order valence-electron chi connectivity index (χ2n) is 5.92. The number of nitrogens with zero attached hydrogens (tertiary/aromatic N) is 3. The van der Waals surface area contributed by atoms with Crippen molar-refractivity contribution in [3.8, 4) is 0 Å². The lowest BCUT2D eigenvalue weighted by Crippen LogP contribution is -2.49. The van der Waals surface area contributed by atoms with E-state index in [0.29, 0.717) is 19.0 Å². The van der Waals surface area contributed by atoms with Gasteiger partial charge in [-0.05, 0) is 39.3 Å². The van der Waals surface area contributed by atoms with Crippen LogP contribution in [0.15, 0.2) is 18.2 Å². The number of hydrogen-bond acceptors (Lipinski definition) is 5. The quantitative estimate of drug-likeness (QED) is 0.851. The van der Waals surface area contributed by atoms with Crippen molar-refractivity contribution in [2.24, 2.45) is 0 Å². The number of pyridine rings is 1. The van der Waals surface area contributed by atoms with Gasteiger partial charge in [-0.25, -0.2) is 9.78 Å². The van der Waals surface area contributed by atoms with E-state index in [1.54, 1.807) is 11.0 Å². The Morgan fingerprint density at radius 2 is 2.10 bits per heavy atom. The zero-order valence-corrected chi connectivity index (χ0v) is 12.3. The molecule has 1 aromatic rings. The Labute approximate surface area is 119 Å². The first-order valence-corrected chi connectivity index (χ1v) is 6.80. The summed E-state index contributed by atoms with van der Waals surface area (Å²) in [5, 5.41) is 0. The summed E-state index contributed by atoms with van der Waals surface area (Å²) in [5.74, 6) is 1.27. The maximum atomic E-state index is 12.1. The summed E-state index contributed by atoms with van der Waals surface area (Å²) in [7, 11) is 0. The summed E-state index contributed by atoms with van der Waals surface area (Å²) >= 11 is 0. The molecule has 1 aromatic heterocycles. The van der Waals surface area contributed by atoms with Gasteiger partial charge in [0.25, 0.3) is 0 Å². The van der Waals surface area contributed by atoms with Crippen molar-refractivity contribution in [2.45, 2.75) is 32.8 Å². The third kappa shape index (κ3) is 3.76. The molecule has 1 aliphatic heterocycles. The fourth-order valence-electron chi connectivity index (χ4n) is 2.08. The molecule has 6 nitrogen and oxygen atoms in total. The molecule has 1 aliphatic rings. The van der Waals surface area contributed by atoms with E-state index in [4.69, 9.17) is 10.5 Å². The van der Waals surface area contributed by atoms with Gasteiger partial charge in [-0.1, -0.05) is 6.07 Å². The van der Waals surface area contributed by atoms with Gasteiger partial charge in [-0.3, -0.25) is 4.90 Å². The third-order valence-corrected chi connectivity index (χ3v) is 2.93. The van der Waals surface area contributed by atoms with Gasteiger partial charge in [0, 0.05) is 13.1 Å². The normalized spacial score (nSPS) is 16.1. The Morgan fingerprint density at radius 3 is 2.75 bits per heavy atom. The minimum absolute atomic E-state index is 0.286. The van der Waals surface area contributed by atoms with Crippen LogP contribution in [-0.2, 0) is 4.74 Å². The van der Waals surface area contributed by atoms with Gasteiger partial charge in [0.05, 0.1) is 6.67 Å². The molecule has 1 saturated heterocycles. The van der Waals surface area contributed by atoms with Crippen LogP contribution in [0.25, 0.3) is 0 Å². The molecule has 2 rings (SSSR count). The molecular formula is C14H22N4O2. The molecule has 2 heterocycles. The van der Waals surface area contributed by atoms with E-state index in [9.17, 15) is 4.79 Å². The molecule has 0 atom stereocenters. The summed E-state index contributed by atoms with van der Waals surface area (Å²) in [5.41, 5.74) is 5.22. The predicted molar refractivity (Wildman–Crippen MR) is 78.4 cm³/mol. The van der Waals surface area contributed by atoms with Crippen molar-refractivity contribution in [1.29, 1.82) is 0 Å². The molecule has 1 fully saturated rings. The van der Waals surface area contributed by atoms with Crippen LogP contribution in [0.5, 0.6) is 0 Å². The number of nitrogens with two attached hydrogens (primary N) is 1. The molecule has 110 valence electrons. The lowest BCUT2D eigenvalue weighted by molar-refractivity contribution is 0.0225. The summed E-state index contributed by atoms with van der Waals surface area (Å²) in [4.78, 5) is 20.1. The highest BCUT2D eigenvalue weighted by atomic mass is 16.6. The molecule has 0 aromatic carbocycles. The number of rotatable bonds is 1. The minimum atomic E-state index is -0.477. The Balaban J connectivity index is 2.03. The van der Waals surface area contributed by atoms with Crippen molar-refractivity contribution in [1.82, 2.24) is 9.88 Å². The number of anilines is 2. The summed E-state index contributed by atoms with van der Waals surface area (Å²) in [6, 6.07) is 5.51. The van der Waals surface area contributed by atoms with Gasteiger partial charge in [0.1, 0.15) is 17.2 Å². The zero-order valence-electron chi connectivity index (χ0n) is 12.3. The van der Waals surface area contributed by atoms with Crippen molar-refractivity contribution in [2.75, 3.05) is 30.4 Å². The van der Waals surface area contributed by atoms with Crippen LogP contribution in [0.3, 0.4) is 0 Å². The molecule has 6 heteroatoms. The van der Waals surface area contributed by atoms with Crippen LogP contribution in [0.4, 0.5) is 16.4 Å². The summed E-state index contributed by atoms with van der Waals surface area (Å²) in [6.07, 6.45) is 0.599. The van der Waals surface area contributed by atoms with Crippen LogP contribution in [0, 0.1) is 0 Å². The van der Waals surface area contributed by atoms with Gasteiger partial charge in [0.2, 0.25) is 0 Å². The Bertz CT molecular complexity index is 484. The van der Waals surface area contributed by atoms with Gasteiger partial charge < -0.3 is 15.4 Å². The fourth-order valence-corrected chi connectivity index (χ4v) is 2.08. The molecular weight excluding hydrogens is 256 g/mol. The number of carbonyl (C=O) groups excluding carboxylic acids is 1. The number of aromatic nitrogens is 1. The maximum absolute atomic E-state index is 12.1. The maximum Gasteiger partial charge on any atom is 0.411 e. The van der Waals surface area contributed by atoms with Crippen LogP contribution >= 0.6 is 0 Å². The molecule has 2 N–H and O–H groups in total. The second kappa shape index (κ2) is 5.56. The first-order chi connectivity index (χ1) is 9.35. The number of nitrogen functional groups attached to an aromatic ring is 1. The smallest absolute Gasteiger partial charge is 0.411 e. The Kier molecular flexibility index (Phi) is 4.01. The molecule has 20 heavy (non-hydrogen) atoms. The lowest BCUT2D eigenvalue weighted by atomic mass is 10.2. The highest BCUT2D eigenvalue weighted by molar-refractivity contribution is 5.68. The summed E-state index contributed by atoms with van der Waals surface area (Å²) < 4.78 is 5.40. The highest BCUT2D eigenvalue weighted by Gasteiger charge is 2.26. The van der Waals surface area contributed by atoms with E-state index in [0.717, 1.165) is 18.8 Å². The number of ether oxygens (including phenoxy) is 1. The fraction of sp³-hybridized carbons (Fsp3) is 0.571. The highest BCUT2D eigenvalue weighted by Crippen LogP contribution is 2.18. The zero-order chi connectivity index (χ0) is 14.8. The average Bonchev–Trinajstić information content (AvgIpc) is 2.37. The summed E-state index contributed by atoms with van der Waals surface area (Å²) in [6.45, 7) is 7.64. The lowest BCUT2D eigenvalue weighted by Gasteiger charge is -2.37. The van der Waals surface area contributed by atoms with Crippen molar-refractivity contribution < 1.29 is 9.53 Å². The van der Waals surface area contributed by atoms with E-state index in [-0.39, 0.29) is 6.09 Å². The monoisotopic (exact) mass is 278 g/mol. The molecule has 0 spiro atoms. The minimum Gasteiger partial charge on any atom is -0.444 e. The van der Waals surface area contributed by atoms with E-state index < -0.39 is 5.60 Å². The first kappa shape index (κ1) is 14.4. The molecule has 0 bridgehead atoms. The standard InChI is InChI=1S/C14H22N4O2/c1-14(2,3)20-13(19)18-9-5-8-17(10-18)12-7-4-6-11(15)16-12/h4,6-7H,5,8-10H2,1-3H3,(H2,15,16). The van der Waals surface area contributed by atoms with E-state index in [2.05, 4.69) is 4.98 Å². The van der Waals surface area contributed by atoms with Gasteiger partial charge >= 0.3 is 6.09 Å². The molecule has 0 unspecified atom stereocenters. The van der Waals surface area contributed by atoms with Gasteiger partial charge in [-0.15, -0.1) is 0 Å². The molecule has 0 saturated carbocycles. The van der Waals surface area contributed by atoms with E-state index in [1.165, 1.54) is 0 Å². The van der Waals surface area contributed by atoms with Crippen molar-refractivity contribution >= 4 is 17.7 Å². The number of hydrogen-bond donors (Lipinski definition) is 1. The van der Waals surface area contributed by atoms with Gasteiger partial charge in [0.15, 0.2) is 0 Å². The molecule has 1 amide bonds. The van der Waals surface area contributed by atoms with Crippen molar-refractivity contribution in [3.63, 3.8) is 0 Å². The second-order valence-corrected chi connectivity index (χ2v) is 5.92. The SMILES string of the molecule is CC(C)(C)OC(=O)N1CCCN(c2cccc(N)n2)C1. The van der Waals surface area contributed by atoms with Gasteiger partial charge in [-0.2, -0.15) is 0 Å². The first-order valence-electron chi connectivity index (χ1n) is 6.80.